The van der Waals surface area contributed by atoms with Crippen molar-refractivity contribution in [1.29, 1.82) is 0 Å². The summed E-state index contributed by atoms with van der Waals surface area (Å²) < 4.78 is 5.08. The van der Waals surface area contributed by atoms with E-state index in [9.17, 15) is 4.79 Å². The van der Waals surface area contributed by atoms with Crippen molar-refractivity contribution in [2.75, 3.05) is 26.3 Å². The number of hydrogen-bond acceptors (Lipinski definition) is 3. The van der Waals surface area contributed by atoms with Gasteiger partial charge in [-0.15, -0.1) is 0 Å². The van der Waals surface area contributed by atoms with E-state index in [4.69, 9.17) is 4.74 Å². The van der Waals surface area contributed by atoms with Crippen LogP contribution in [0, 0.1) is 5.92 Å². The highest BCUT2D eigenvalue weighted by Gasteiger charge is 2.20. The molecule has 1 N–H and O–H groups in total. The quantitative estimate of drug-likeness (QED) is 0.779. The van der Waals surface area contributed by atoms with Crippen LogP contribution in [0.2, 0.25) is 0 Å². The summed E-state index contributed by atoms with van der Waals surface area (Å²) in [5.41, 5.74) is 0. The number of rotatable bonds is 4. The lowest BCUT2D eigenvalue weighted by atomic mass is 9.94. The minimum Gasteiger partial charge on any atom is -0.374 e. The highest BCUT2D eigenvalue weighted by molar-refractivity contribution is 5.82. The Hall–Kier alpha value is -0.410. The number of ketones is 1. The second-order valence-corrected chi connectivity index (χ2v) is 3.83. The minimum absolute atomic E-state index is 0.248. The molecule has 3 heteroatoms. The van der Waals surface area contributed by atoms with Gasteiger partial charge in [0.2, 0.25) is 0 Å². The van der Waals surface area contributed by atoms with Gasteiger partial charge in [0.25, 0.3) is 0 Å². The third-order valence-corrected chi connectivity index (χ3v) is 2.24. The molecule has 1 saturated heterocycles. The Morgan fingerprint density at radius 3 is 2.27 bits per heavy atom. The van der Waals surface area contributed by atoms with Crippen LogP contribution in [0.25, 0.3) is 0 Å². The molecule has 0 amide bonds. The number of ether oxygens (including phenoxy) is 1. The van der Waals surface area contributed by atoms with Gasteiger partial charge in [0.05, 0.1) is 0 Å². The summed E-state index contributed by atoms with van der Waals surface area (Å²) in [4.78, 5) is 11.4. The van der Waals surface area contributed by atoms with Crippen LogP contribution in [0.1, 0.15) is 40.0 Å². The summed E-state index contributed by atoms with van der Waals surface area (Å²) in [6.45, 7) is 9.05. The second kappa shape index (κ2) is 10.1. The molecule has 0 aromatic rings. The fourth-order valence-electron chi connectivity index (χ4n) is 1.46. The van der Waals surface area contributed by atoms with Crippen molar-refractivity contribution < 1.29 is 9.53 Å². The molecule has 0 radical (unpaired) electrons. The molecule has 1 heterocycles. The summed E-state index contributed by atoms with van der Waals surface area (Å²) in [5.74, 6) is 0.524. The van der Waals surface area contributed by atoms with Gasteiger partial charge in [-0.1, -0.05) is 20.3 Å². The van der Waals surface area contributed by atoms with Crippen molar-refractivity contribution in [3.05, 3.63) is 0 Å². The van der Waals surface area contributed by atoms with Gasteiger partial charge < -0.3 is 10.1 Å². The van der Waals surface area contributed by atoms with Crippen LogP contribution in [0.3, 0.4) is 0 Å². The Morgan fingerprint density at radius 1 is 1.27 bits per heavy atom. The van der Waals surface area contributed by atoms with Crippen molar-refractivity contribution in [2.24, 2.45) is 5.92 Å². The predicted molar refractivity (Wildman–Crippen MR) is 63.1 cm³/mol. The van der Waals surface area contributed by atoms with Crippen molar-refractivity contribution in [3.63, 3.8) is 0 Å². The van der Waals surface area contributed by atoms with Crippen LogP contribution in [-0.2, 0) is 9.53 Å². The molecule has 1 aliphatic heterocycles. The van der Waals surface area contributed by atoms with E-state index >= 15 is 0 Å². The Kier molecular flexibility index (Phi) is 9.84. The maximum atomic E-state index is 11.4. The van der Waals surface area contributed by atoms with Gasteiger partial charge in [-0.05, 0) is 32.9 Å². The summed E-state index contributed by atoms with van der Waals surface area (Å²) in [5, 5.41) is 3.23. The largest absolute Gasteiger partial charge is 0.374 e. The first-order valence-corrected chi connectivity index (χ1v) is 6.07. The van der Waals surface area contributed by atoms with Gasteiger partial charge in [0, 0.05) is 12.5 Å². The molecule has 15 heavy (non-hydrogen) atoms. The molecular formula is C12H25NO2. The van der Waals surface area contributed by atoms with Crippen LogP contribution in [-0.4, -0.2) is 32.1 Å². The number of carbonyl (C=O) groups excluding carboxylic acids is 1. The third kappa shape index (κ3) is 7.51. The molecule has 0 atom stereocenters. The molecule has 1 aliphatic rings. The minimum atomic E-state index is 0.248. The summed E-state index contributed by atoms with van der Waals surface area (Å²) in [6.07, 6.45) is 3.21. The molecule has 0 saturated carbocycles. The van der Waals surface area contributed by atoms with Crippen molar-refractivity contribution in [2.45, 2.75) is 40.0 Å². The average molecular weight is 215 g/mol. The molecule has 0 aliphatic carbocycles. The zero-order valence-corrected chi connectivity index (χ0v) is 10.3. The van der Waals surface area contributed by atoms with Gasteiger partial charge in [0.1, 0.15) is 6.61 Å². The Labute approximate surface area is 93.6 Å². The summed E-state index contributed by atoms with van der Waals surface area (Å²) in [7, 11) is 0. The first kappa shape index (κ1) is 14.6. The predicted octanol–water partition coefficient (Wildman–Crippen LogP) is 2.01. The molecule has 3 nitrogen and oxygen atoms in total. The fourth-order valence-corrected chi connectivity index (χ4v) is 1.46. The van der Waals surface area contributed by atoms with E-state index in [1.54, 1.807) is 0 Å². The smallest absolute Gasteiger partial charge is 0.161 e. The molecule has 0 unspecified atom stereocenters. The van der Waals surface area contributed by atoms with Gasteiger partial charge >= 0.3 is 0 Å². The number of piperidine rings is 1. The van der Waals surface area contributed by atoms with E-state index in [0.29, 0.717) is 13.2 Å². The summed E-state index contributed by atoms with van der Waals surface area (Å²) in [6, 6.07) is 0. The standard InChI is InChI=1S/C9H17NO2.C3H8/c1-2-12-7-9(11)8-3-5-10-6-4-8;1-3-2/h8,10H,2-7H2,1H3;3H2,1-2H3. The van der Waals surface area contributed by atoms with Crippen molar-refractivity contribution in [1.82, 2.24) is 5.32 Å². The fraction of sp³-hybridized carbons (Fsp3) is 0.917. The normalized spacial score (nSPS) is 16.7. The molecular weight excluding hydrogens is 190 g/mol. The van der Waals surface area contributed by atoms with E-state index in [1.165, 1.54) is 6.42 Å². The van der Waals surface area contributed by atoms with E-state index in [2.05, 4.69) is 19.2 Å². The van der Waals surface area contributed by atoms with E-state index < -0.39 is 0 Å². The number of nitrogens with one attached hydrogen (secondary N) is 1. The molecule has 0 bridgehead atoms. The molecule has 1 rings (SSSR count). The van der Waals surface area contributed by atoms with Gasteiger partial charge in [-0.3, -0.25) is 4.79 Å². The van der Waals surface area contributed by atoms with Crippen LogP contribution in [0.15, 0.2) is 0 Å². The van der Waals surface area contributed by atoms with E-state index in [-0.39, 0.29) is 11.7 Å². The van der Waals surface area contributed by atoms with Gasteiger partial charge in [-0.2, -0.15) is 0 Å². The Morgan fingerprint density at radius 2 is 1.80 bits per heavy atom. The zero-order valence-electron chi connectivity index (χ0n) is 10.3. The average Bonchev–Trinajstić information content (AvgIpc) is 2.28. The van der Waals surface area contributed by atoms with Crippen LogP contribution in [0.4, 0.5) is 0 Å². The maximum Gasteiger partial charge on any atom is 0.161 e. The molecule has 1 fully saturated rings. The SMILES string of the molecule is CCC.CCOCC(=O)C1CCNCC1. The Balaban J connectivity index is 0.000000583. The van der Waals surface area contributed by atoms with Crippen LogP contribution < -0.4 is 5.32 Å². The summed E-state index contributed by atoms with van der Waals surface area (Å²) >= 11 is 0. The first-order chi connectivity index (χ1) is 7.26. The topological polar surface area (TPSA) is 38.3 Å². The van der Waals surface area contributed by atoms with Gasteiger partial charge in [0.15, 0.2) is 5.78 Å². The molecule has 0 aromatic carbocycles. The molecule has 0 spiro atoms. The van der Waals surface area contributed by atoms with Crippen molar-refractivity contribution in [3.8, 4) is 0 Å². The number of Topliss-reactive ketones (excluding diaryl/α,β-unsaturated/α-hetero) is 1. The van der Waals surface area contributed by atoms with Crippen LogP contribution >= 0.6 is 0 Å². The third-order valence-electron chi connectivity index (χ3n) is 2.24. The number of carbonyl (C=O) groups is 1. The van der Waals surface area contributed by atoms with E-state index in [1.807, 2.05) is 6.92 Å². The molecule has 90 valence electrons. The maximum absolute atomic E-state index is 11.4. The molecule has 0 aromatic heterocycles. The first-order valence-electron chi connectivity index (χ1n) is 6.07. The lowest BCUT2D eigenvalue weighted by Gasteiger charge is -2.20. The van der Waals surface area contributed by atoms with Gasteiger partial charge in [-0.25, -0.2) is 0 Å². The van der Waals surface area contributed by atoms with E-state index in [0.717, 1.165) is 25.9 Å². The lowest BCUT2D eigenvalue weighted by molar-refractivity contribution is -0.128. The van der Waals surface area contributed by atoms with Crippen molar-refractivity contribution >= 4 is 5.78 Å². The second-order valence-electron chi connectivity index (χ2n) is 3.83. The highest BCUT2D eigenvalue weighted by atomic mass is 16.5. The Bertz CT molecular complexity index is 154. The van der Waals surface area contributed by atoms with Crippen LogP contribution in [0.5, 0.6) is 0 Å². The lowest BCUT2D eigenvalue weighted by Crippen LogP contribution is -2.33. The number of hydrogen-bond donors (Lipinski definition) is 1. The highest BCUT2D eigenvalue weighted by Crippen LogP contribution is 2.12. The zero-order chi connectivity index (χ0) is 11.5. The monoisotopic (exact) mass is 215 g/mol.